The van der Waals surface area contributed by atoms with Crippen molar-refractivity contribution < 1.29 is 14.7 Å². The molecule has 1 aromatic heterocycles. The Morgan fingerprint density at radius 2 is 2.07 bits per heavy atom. The molecule has 0 saturated heterocycles. The number of amides is 2. The van der Waals surface area contributed by atoms with Gasteiger partial charge in [-0.1, -0.05) is 39.0 Å². The van der Waals surface area contributed by atoms with Crippen molar-refractivity contribution in [2.24, 2.45) is 5.41 Å². The van der Waals surface area contributed by atoms with Gasteiger partial charge in [-0.2, -0.15) is 0 Å². The van der Waals surface area contributed by atoms with E-state index in [9.17, 15) is 14.7 Å². The number of carbonyl (C=O) groups excluding carboxylic acids is 1. The van der Waals surface area contributed by atoms with Crippen molar-refractivity contribution in [2.45, 2.75) is 39.7 Å². The molecular formula is C21H28N4O3. The molecule has 0 spiro atoms. The van der Waals surface area contributed by atoms with Gasteiger partial charge in [0.05, 0.1) is 6.33 Å². The summed E-state index contributed by atoms with van der Waals surface area (Å²) in [6.45, 7) is 8.11. The number of hydrogen-bond acceptors (Lipinski definition) is 3. The average Bonchev–Trinajstić information content (AvgIpc) is 2.99. The first-order chi connectivity index (χ1) is 13.2. The molecule has 0 radical (unpaired) electrons. The first kappa shape index (κ1) is 19.9. The maximum atomic E-state index is 11.7. The fourth-order valence-electron chi connectivity index (χ4n) is 3.80. The quantitative estimate of drug-likeness (QED) is 0.852. The van der Waals surface area contributed by atoms with Gasteiger partial charge >= 0.3 is 6.09 Å². The number of imidazole rings is 1. The van der Waals surface area contributed by atoms with E-state index in [1.165, 1.54) is 16.0 Å². The van der Waals surface area contributed by atoms with Crippen LogP contribution in [0.1, 0.15) is 53.9 Å². The number of fused-ring (bicyclic) bond motifs is 1. The van der Waals surface area contributed by atoms with Crippen molar-refractivity contribution in [3.63, 3.8) is 0 Å². The Balaban J connectivity index is 1.88. The number of hydrogen-bond donors (Lipinski definition) is 2. The Hall–Kier alpha value is -2.83. The molecule has 7 heteroatoms. The Morgan fingerprint density at radius 1 is 1.32 bits per heavy atom. The smallest absolute Gasteiger partial charge is 0.407 e. The number of nitrogens with one attached hydrogen (secondary N) is 1. The Morgan fingerprint density at radius 3 is 2.71 bits per heavy atom. The Labute approximate surface area is 165 Å². The monoisotopic (exact) mass is 384 g/mol. The van der Waals surface area contributed by atoms with Crippen LogP contribution in [0.4, 0.5) is 4.79 Å². The minimum Gasteiger partial charge on any atom is -0.465 e. The molecule has 1 aromatic carbocycles. The molecule has 2 aromatic rings. The average molecular weight is 384 g/mol. The van der Waals surface area contributed by atoms with Crippen molar-refractivity contribution in [1.29, 1.82) is 0 Å². The van der Waals surface area contributed by atoms with Gasteiger partial charge in [0.15, 0.2) is 0 Å². The van der Waals surface area contributed by atoms with Crippen LogP contribution >= 0.6 is 0 Å². The lowest BCUT2D eigenvalue weighted by Gasteiger charge is -2.33. The summed E-state index contributed by atoms with van der Waals surface area (Å²) < 4.78 is 1.88. The summed E-state index contributed by atoms with van der Waals surface area (Å²) in [5, 5.41) is 12.1. The molecule has 150 valence electrons. The van der Waals surface area contributed by atoms with E-state index in [1.54, 1.807) is 19.6 Å². The van der Waals surface area contributed by atoms with Crippen LogP contribution in [0.5, 0.6) is 0 Å². The highest BCUT2D eigenvalue weighted by Crippen LogP contribution is 2.39. The molecular weight excluding hydrogens is 356 g/mol. The highest BCUT2D eigenvalue weighted by atomic mass is 16.4. The van der Waals surface area contributed by atoms with Crippen LogP contribution in [-0.4, -0.2) is 51.7 Å². The first-order valence-electron chi connectivity index (χ1n) is 9.52. The zero-order chi connectivity index (χ0) is 20.5. The van der Waals surface area contributed by atoms with Crippen molar-refractivity contribution in [3.8, 4) is 0 Å². The van der Waals surface area contributed by atoms with E-state index in [1.807, 2.05) is 4.57 Å². The van der Waals surface area contributed by atoms with Gasteiger partial charge in [0.2, 0.25) is 0 Å². The van der Waals surface area contributed by atoms with E-state index in [-0.39, 0.29) is 17.2 Å². The SMILES string of the molecule is CNC(=O)c1cn(Cc2ccc3c(c2)CCN(C(=O)O)CC3C(C)(C)C)cn1. The van der Waals surface area contributed by atoms with Crippen LogP contribution in [-0.2, 0) is 13.0 Å². The van der Waals surface area contributed by atoms with Gasteiger partial charge < -0.3 is 19.9 Å². The summed E-state index contributed by atoms with van der Waals surface area (Å²) in [6, 6.07) is 6.40. The molecule has 0 aliphatic carbocycles. The van der Waals surface area contributed by atoms with Crippen LogP contribution < -0.4 is 5.32 Å². The molecule has 7 nitrogen and oxygen atoms in total. The van der Waals surface area contributed by atoms with E-state index in [4.69, 9.17) is 0 Å². The van der Waals surface area contributed by atoms with E-state index < -0.39 is 6.09 Å². The standard InChI is InChI=1S/C21H28N4O3/c1-21(2,3)17-11-25(20(27)28)8-7-15-9-14(5-6-16(15)17)10-24-12-18(23-13-24)19(26)22-4/h5-6,9,12-13,17H,7-8,10-11H2,1-4H3,(H,22,26)(H,27,28). The summed E-state index contributed by atoms with van der Waals surface area (Å²) >= 11 is 0. The third-order valence-electron chi connectivity index (χ3n) is 5.41. The van der Waals surface area contributed by atoms with Crippen molar-refractivity contribution in [3.05, 3.63) is 53.1 Å². The molecule has 2 N–H and O–H groups in total. The van der Waals surface area contributed by atoms with Gasteiger partial charge in [-0.15, -0.1) is 0 Å². The van der Waals surface area contributed by atoms with Crippen molar-refractivity contribution >= 4 is 12.0 Å². The summed E-state index contributed by atoms with van der Waals surface area (Å²) in [5.41, 5.74) is 3.89. The number of aromatic nitrogens is 2. The third-order valence-corrected chi connectivity index (χ3v) is 5.41. The normalized spacial score (nSPS) is 17.0. The molecule has 1 unspecified atom stereocenters. The predicted octanol–water partition coefficient (Wildman–Crippen LogP) is 2.96. The van der Waals surface area contributed by atoms with Gasteiger partial charge in [-0.05, 0) is 28.5 Å². The van der Waals surface area contributed by atoms with Gasteiger partial charge in [0.25, 0.3) is 5.91 Å². The Kier molecular flexibility index (Phi) is 5.45. The topological polar surface area (TPSA) is 87.5 Å². The predicted molar refractivity (Wildman–Crippen MR) is 107 cm³/mol. The molecule has 3 rings (SSSR count). The fourth-order valence-corrected chi connectivity index (χ4v) is 3.80. The summed E-state index contributed by atoms with van der Waals surface area (Å²) in [7, 11) is 1.58. The molecule has 0 saturated carbocycles. The van der Waals surface area contributed by atoms with Crippen molar-refractivity contribution in [1.82, 2.24) is 19.8 Å². The summed E-state index contributed by atoms with van der Waals surface area (Å²) in [6.07, 6.45) is 3.23. The van der Waals surface area contributed by atoms with Gasteiger partial charge in [-0.3, -0.25) is 4.79 Å². The summed E-state index contributed by atoms with van der Waals surface area (Å²) in [5.74, 6) is -0.0642. The lowest BCUT2D eigenvalue weighted by molar-refractivity contribution is 0.0958. The highest BCUT2D eigenvalue weighted by molar-refractivity contribution is 5.91. The second kappa shape index (κ2) is 7.66. The minimum atomic E-state index is -0.859. The second-order valence-electron chi connectivity index (χ2n) is 8.44. The number of benzene rings is 1. The van der Waals surface area contributed by atoms with E-state index in [0.29, 0.717) is 31.7 Å². The van der Waals surface area contributed by atoms with Crippen LogP contribution in [0.15, 0.2) is 30.7 Å². The number of nitrogens with zero attached hydrogens (tertiary/aromatic N) is 3. The van der Waals surface area contributed by atoms with E-state index >= 15 is 0 Å². The zero-order valence-corrected chi connectivity index (χ0v) is 16.9. The number of rotatable bonds is 3. The molecule has 0 bridgehead atoms. The van der Waals surface area contributed by atoms with Crippen LogP contribution in [0, 0.1) is 5.41 Å². The molecule has 0 fully saturated rings. The van der Waals surface area contributed by atoms with Crippen LogP contribution in [0.3, 0.4) is 0 Å². The molecule has 1 atom stereocenters. The highest BCUT2D eigenvalue weighted by Gasteiger charge is 2.33. The van der Waals surface area contributed by atoms with Crippen LogP contribution in [0.2, 0.25) is 0 Å². The van der Waals surface area contributed by atoms with E-state index in [2.05, 4.69) is 49.3 Å². The molecule has 28 heavy (non-hydrogen) atoms. The number of carbonyl (C=O) groups is 2. The largest absolute Gasteiger partial charge is 0.465 e. The molecule has 2 amide bonds. The minimum absolute atomic E-state index is 0.0406. The van der Waals surface area contributed by atoms with Crippen LogP contribution in [0.25, 0.3) is 0 Å². The van der Waals surface area contributed by atoms with Gasteiger partial charge in [0, 0.05) is 38.8 Å². The zero-order valence-electron chi connectivity index (χ0n) is 16.9. The fraction of sp³-hybridized carbons (Fsp3) is 0.476. The lowest BCUT2D eigenvalue weighted by Crippen LogP contribution is -2.36. The molecule has 2 heterocycles. The maximum absolute atomic E-state index is 11.7. The molecule has 1 aliphatic heterocycles. The third kappa shape index (κ3) is 4.18. The first-order valence-corrected chi connectivity index (χ1v) is 9.52. The molecule has 1 aliphatic rings. The van der Waals surface area contributed by atoms with E-state index in [0.717, 1.165) is 5.56 Å². The number of carboxylic acid groups (broad SMARTS) is 1. The summed E-state index contributed by atoms with van der Waals surface area (Å²) in [4.78, 5) is 29.0. The second-order valence-corrected chi connectivity index (χ2v) is 8.44. The van der Waals surface area contributed by atoms with Gasteiger partial charge in [0.1, 0.15) is 5.69 Å². The maximum Gasteiger partial charge on any atom is 0.407 e. The van der Waals surface area contributed by atoms with Gasteiger partial charge in [-0.25, -0.2) is 9.78 Å². The Bertz CT molecular complexity index is 882. The lowest BCUT2D eigenvalue weighted by atomic mass is 9.75. The van der Waals surface area contributed by atoms with Crippen molar-refractivity contribution in [2.75, 3.05) is 20.1 Å².